The molecule has 19 heteroatoms. The number of carbonyl (C=O) groups excluding carboxylic acids is 4. The molecule has 3 saturated carbocycles. The molecule has 4 aliphatic carbocycles. The SMILES string of the molecule is CC1CC2C3CCC4=CC(=O)C=CC4(C)C3C(O)CC2(C)C1C(=O)COC(=O)CC(NC(=O)CCCCCO[N+](=O)[O-])C(=O)O.O=C(O)CCCO[N+](=O)[O-]. The summed E-state index contributed by atoms with van der Waals surface area (Å²) in [4.78, 5) is 99.6. The van der Waals surface area contributed by atoms with Crippen LogP contribution in [0.3, 0.4) is 0 Å². The van der Waals surface area contributed by atoms with E-state index in [2.05, 4.69) is 21.9 Å². The van der Waals surface area contributed by atoms with E-state index < -0.39 is 75.9 Å². The van der Waals surface area contributed by atoms with Crippen LogP contribution in [0, 0.1) is 60.6 Å². The maximum Gasteiger partial charge on any atom is 0.326 e. The Balaban J connectivity index is 0.000000712. The van der Waals surface area contributed by atoms with Crippen LogP contribution in [-0.4, -0.2) is 92.8 Å². The molecule has 4 rings (SSSR count). The smallest absolute Gasteiger partial charge is 0.326 e. The Morgan fingerprint density at radius 3 is 2.27 bits per heavy atom. The van der Waals surface area contributed by atoms with E-state index in [0.29, 0.717) is 25.7 Å². The van der Waals surface area contributed by atoms with Crippen LogP contribution in [0.2, 0.25) is 0 Å². The lowest BCUT2D eigenvalue weighted by Gasteiger charge is -2.58. The number of aliphatic hydroxyl groups is 1. The van der Waals surface area contributed by atoms with Gasteiger partial charge in [-0.2, -0.15) is 0 Å². The molecule has 0 aromatic carbocycles. The van der Waals surface area contributed by atoms with Crippen molar-refractivity contribution in [2.75, 3.05) is 19.8 Å². The number of hydrogen-bond acceptors (Lipinski definition) is 14. The number of Topliss-reactive ketones (excluding diaryl/α,β-unsaturated/α-hetero) is 1. The van der Waals surface area contributed by atoms with Gasteiger partial charge in [0.25, 0.3) is 10.2 Å². The molecule has 1 amide bonds. The van der Waals surface area contributed by atoms with E-state index in [9.17, 15) is 59.2 Å². The van der Waals surface area contributed by atoms with Gasteiger partial charge in [0.1, 0.15) is 12.6 Å². The molecule has 306 valence electrons. The molecule has 4 N–H and O–H groups in total. The van der Waals surface area contributed by atoms with Gasteiger partial charge in [0.05, 0.1) is 25.7 Å². The standard InChI is InChI=1S/C32H44N2O11.C4H7NO5/c1-18-13-22-21-9-8-19-14-20(35)10-11-31(19,2)29(21)24(36)16-32(22,3)28(18)25(37)17-44-27(39)15-23(30(40)41)33-26(38)7-5-4-6-12-45-34(42)43;6-4(7)2-1-3-10-5(8)9/h10-11,14,18,21-24,28-29,36H,4-9,12-13,15-17H2,1-3H3,(H,33,38)(H,40,41);1-3H2,(H,6,7). The molecule has 0 bridgehead atoms. The fourth-order valence-electron chi connectivity index (χ4n) is 9.38. The van der Waals surface area contributed by atoms with E-state index in [0.717, 1.165) is 24.8 Å². The molecule has 0 spiro atoms. The Labute approximate surface area is 317 Å². The highest BCUT2D eigenvalue weighted by atomic mass is 17.0. The first kappa shape index (κ1) is 44.5. The van der Waals surface area contributed by atoms with Gasteiger partial charge in [-0.1, -0.05) is 38.8 Å². The quantitative estimate of drug-likeness (QED) is 0.0634. The van der Waals surface area contributed by atoms with Gasteiger partial charge in [0, 0.05) is 30.1 Å². The number of carboxylic acid groups (broad SMARTS) is 2. The number of hydrogen-bond donors (Lipinski definition) is 4. The van der Waals surface area contributed by atoms with E-state index in [4.69, 9.17) is 9.84 Å². The first-order chi connectivity index (χ1) is 25.8. The van der Waals surface area contributed by atoms with Crippen LogP contribution in [0.15, 0.2) is 23.8 Å². The monoisotopic (exact) mass is 781 g/mol. The highest BCUT2D eigenvalue weighted by Gasteiger charge is 2.64. The maximum atomic E-state index is 13.6. The highest BCUT2D eigenvalue weighted by Crippen LogP contribution is 2.67. The van der Waals surface area contributed by atoms with Crippen molar-refractivity contribution in [1.29, 1.82) is 0 Å². The van der Waals surface area contributed by atoms with Crippen LogP contribution < -0.4 is 5.32 Å². The fourth-order valence-corrected chi connectivity index (χ4v) is 9.38. The average Bonchev–Trinajstić information content (AvgIpc) is 3.36. The highest BCUT2D eigenvalue weighted by molar-refractivity contribution is 6.01. The number of ether oxygens (including phenoxy) is 1. The molecule has 3 fully saturated rings. The summed E-state index contributed by atoms with van der Waals surface area (Å²) in [5.41, 5.74) is 0.130. The number of fused-ring (bicyclic) bond motifs is 5. The van der Waals surface area contributed by atoms with E-state index in [1.165, 1.54) is 0 Å². The van der Waals surface area contributed by atoms with Crippen molar-refractivity contribution < 1.29 is 68.7 Å². The average molecular weight is 782 g/mol. The third-order valence-corrected chi connectivity index (χ3v) is 11.5. The predicted octanol–water partition coefficient (Wildman–Crippen LogP) is 3.03. The first-order valence-electron chi connectivity index (χ1n) is 18.4. The maximum absolute atomic E-state index is 13.6. The Kier molecular flexibility index (Phi) is 15.8. The van der Waals surface area contributed by atoms with Crippen LogP contribution >= 0.6 is 0 Å². The van der Waals surface area contributed by atoms with Gasteiger partial charge in [-0.05, 0) is 80.3 Å². The number of amides is 1. The number of nitrogens with one attached hydrogen (secondary N) is 1. The number of allylic oxidation sites excluding steroid dienone is 4. The number of esters is 1. The summed E-state index contributed by atoms with van der Waals surface area (Å²) in [6.45, 7) is 5.37. The van der Waals surface area contributed by atoms with E-state index in [1.807, 2.05) is 19.9 Å². The first-order valence-corrected chi connectivity index (χ1v) is 18.4. The van der Waals surface area contributed by atoms with Crippen LogP contribution in [0.25, 0.3) is 0 Å². The molecular weight excluding hydrogens is 730 g/mol. The van der Waals surface area contributed by atoms with Crippen molar-refractivity contribution in [3.63, 3.8) is 0 Å². The molecule has 55 heavy (non-hydrogen) atoms. The summed E-state index contributed by atoms with van der Waals surface area (Å²) in [5, 5.41) is 49.2. The number of carbonyl (C=O) groups is 6. The van der Waals surface area contributed by atoms with Gasteiger partial charge in [0.15, 0.2) is 11.6 Å². The number of aliphatic hydroxyl groups excluding tert-OH is 1. The molecule has 0 radical (unpaired) electrons. The van der Waals surface area contributed by atoms with Gasteiger partial charge in [-0.3, -0.25) is 24.0 Å². The largest absolute Gasteiger partial charge is 0.481 e. The lowest BCUT2D eigenvalue weighted by Crippen LogP contribution is -2.56. The van der Waals surface area contributed by atoms with E-state index in [-0.39, 0.29) is 67.7 Å². The lowest BCUT2D eigenvalue weighted by atomic mass is 9.46. The zero-order valence-corrected chi connectivity index (χ0v) is 31.2. The number of rotatable bonds is 19. The van der Waals surface area contributed by atoms with Crippen LogP contribution in [-0.2, 0) is 43.2 Å². The number of nitrogens with zero attached hydrogens (tertiary/aromatic N) is 2. The van der Waals surface area contributed by atoms with Crippen LogP contribution in [0.1, 0.15) is 91.4 Å². The molecule has 0 heterocycles. The molecule has 0 saturated heterocycles. The summed E-state index contributed by atoms with van der Waals surface area (Å²) in [5.74, 6) is -4.42. The number of aliphatic carboxylic acids is 2. The number of ketones is 2. The van der Waals surface area contributed by atoms with Crippen molar-refractivity contribution in [3.05, 3.63) is 44.0 Å². The fraction of sp³-hybridized carbons (Fsp3) is 0.722. The summed E-state index contributed by atoms with van der Waals surface area (Å²) < 4.78 is 5.24. The van der Waals surface area contributed by atoms with Crippen LogP contribution in [0.5, 0.6) is 0 Å². The second-order valence-electron chi connectivity index (χ2n) is 15.2. The predicted molar refractivity (Wildman–Crippen MR) is 187 cm³/mol. The topological polar surface area (TPSA) is 289 Å². The molecule has 4 aliphatic rings. The van der Waals surface area contributed by atoms with E-state index in [1.54, 1.807) is 12.2 Å². The minimum absolute atomic E-state index is 0.0115. The number of carboxylic acids is 2. The number of unbranched alkanes of at least 4 members (excludes halogenated alkanes) is 2. The van der Waals surface area contributed by atoms with Crippen molar-refractivity contribution in [1.82, 2.24) is 5.32 Å². The molecule has 9 unspecified atom stereocenters. The van der Waals surface area contributed by atoms with Crippen molar-refractivity contribution >= 4 is 35.4 Å². The minimum atomic E-state index is -1.54. The second-order valence-corrected chi connectivity index (χ2v) is 15.2. The van der Waals surface area contributed by atoms with Crippen molar-refractivity contribution in [2.45, 2.75) is 104 Å². The van der Waals surface area contributed by atoms with Gasteiger partial charge in [-0.25, -0.2) is 4.79 Å². The normalized spacial score (nSPS) is 29.4. The summed E-state index contributed by atoms with van der Waals surface area (Å²) in [6, 6.07) is -1.54. The Morgan fingerprint density at radius 2 is 1.65 bits per heavy atom. The Bertz CT molecular complexity index is 1530. The Hall–Kier alpha value is -4.94. The third-order valence-electron chi connectivity index (χ3n) is 11.5. The third kappa shape index (κ3) is 11.8. The van der Waals surface area contributed by atoms with Crippen molar-refractivity contribution in [3.8, 4) is 0 Å². The zero-order chi connectivity index (χ0) is 41.1. The molecule has 9 atom stereocenters. The molecule has 0 aliphatic heterocycles. The van der Waals surface area contributed by atoms with Gasteiger partial charge in [-0.15, -0.1) is 20.2 Å². The van der Waals surface area contributed by atoms with Crippen molar-refractivity contribution in [2.24, 2.45) is 40.4 Å². The zero-order valence-electron chi connectivity index (χ0n) is 31.2. The van der Waals surface area contributed by atoms with Crippen LogP contribution in [0.4, 0.5) is 0 Å². The van der Waals surface area contributed by atoms with Gasteiger partial charge < -0.3 is 35.0 Å². The lowest BCUT2D eigenvalue weighted by molar-refractivity contribution is -0.757. The van der Waals surface area contributed by atoms with Gasteiger partial charge >= 0.3 is 17.9 Å². The molecular formula is C36H51N3O16. The summed E-state index contributed by atoms with van der Waals surface area (Å²) in [6.07, 6.45) is 7.88. The van der Waals surface area contributed by atoms with E-state index >= 15 is 0 Å². The molecule has 0 aromatic rings. The second kappa shape index (κ2) is 19.6. The summed E-state index contributed by atoms with van der Waals surface area (Å²) in [7, 11) is 0. The molecule has 19 nitrogen and oxygen atoms in total. The van der Waals surface area contributed by atoms with Gasteiger partial charge in [0.2, 0.25) is 5.91 Å². The summed E-state index contributed by atoms with van der Waals surface area (Å²) >= 11 is 0. The Morgan fingerprint density at radius 1 is 1.00 bits per heavy atom. The molecule has 0 aromatic heterocycles. The minimum Gasteiger partial charge on any atom is -0.481 e.